The molecule has 0 unspecified atom stereocenters. The number of aromatic nitrogens is 1. The standard InChI is InChI=1S/C12H17N3O3S/c1-7-9(11(17)15(2)3)19-12(13-7)14-10(16)8-5-4-6-18-8/h8H,4-6H2,1-3H3,(H,13,14,16)/t8-/m1/s1. The number of nitrogens with zero attached hydrogens (tertiary/aromatic N) is 2. The minimum atomic E-state index is -0.391. The number of ether oxygens (including phenoxy) is 1. The van der Waals surface area contributed by atoms with Crippen molar-refractivity contribution in [2.24, 2.45) is 0 Å². The Hall–Kier alpha value is -1.47. The van der Waals surface area contributed by atoms with Gasteiger partial charge in [0.15, 0.2) is 5.13 Å². The van der Waals surface area contributed by atoms with E-state index in [1.807, 2.05) is 0 Å². The quantitative estimate of drug-likeness (QED) is 0.907. The maximum Gasteiger partial charge on any atom is 0.265 e. The molecule has 104 valence electrons. The van der Waals surface area contributed by atoms with E-state index in [2.05, 4.69) is 10.3 Å². The first-order chi connectivity index (χ1) is 8.99. The molecule has 2 amide bonds. The van der Waals surface area contributed by atoms with Crippen LogP contribution in [0, 0.1) is 6.92 Å². The third-order valence-corrected chi connectivity index (χ3v) is 3.91. The molecule has 2 rings (SSSR count). The summed E-state index contributed by atoms with van der Waals surface area (Å²) in [6, 6.07) is 0. The van der Waals surface area contributed by atoms with Gasteiger partial charge in [0.25, 0.3) is 11.8 Å². The predicted molar refractivity (Wildman–Crippen MR) is 72.5 cm³/mol. The second-order valence-electron chi connectivity index (χ2n) is 4.62. The maximum absolute atomic E-state index is 11.9. The van der Waals surface area contributed by atoms with Gasteiger partial charge in [-0.2, -0.15) is 0 Å². The van der Waals surface area contributed by atoms with Crippen LogP contribution in [0.25, 0.3) is 0 Å². The van der Waals surface area contributed by atoms with Gasteiger partial charge in [-0.15, -0.1) is 0 Å². The number of hydrogen-bond acceptors (Lipinski definition) is 5. The molecule has 1 aromatic rings. The SMILES string of the molecule is Cc1nc(NC(=O)[C@H]2CCCO2)sc1C(=O)N(C)C. The first kappa shape index (κ1) is 14.0. The molecule has 0 aliphatic carbocycles. The van der Waals surface area contributed by atoms with E-state index in [4.69, 9.17) is 4.74 Å². The zero-order valence-corrected chi connectivity index (χ0v) is 12.0. The summed E-state index contributed by atoms with van der Waals surface area (Å²) in [7, 11) is 3.37. The van der Waals surface area contributed by atoms with Crippen LogP contribution in [0.1, 0.15) is 28.2 Å². The lowest BCUT2D eigenvalue weighted by molar-refractivity contribution is -0.124. The summed E-state index contributed by atoms with van der Waals surface area (Å²) in [5.41, 5.74) is 0.631. The van der Waals surface area contributed by atoms with Crippen LogP contribution in [0.15, 0.2) is 0 Å². The van der Waals surface area contributed by atoms with Gasteiger partial charge in [0.05, 0.1) is 5.69 Å². The number of anilines is 1. The molecule has 0 radical (unpaired) electrons. The lowest BCUT2D eigenvalue weighted by atomic mass is 10.2. The molecular formula is C12H17N3O3S. The fourth-order valence-electron chi connectivity index (χ4n) is 1.82. The highest BCUT2D eigenvalue weighted by Gasteiger charge is 2.25. The molecule has 2 heterocycles. The van der Waals surface area contributed by atoms with Gasteiger partial charge in [0.2, 0.25) is 0 Å². The van der Waals surface area contributed by atoms with Crippen molar-refractivity contribution in [3.8, 4) is 0 Å². The van der Waals surface area contributed by atoms with Crippen LogP contribution >= 0.6 is 11.3 Å². The van der Waals surface area contributed by atoms with E-state index in [-0.39, 0.29) is 11.8 Å². The van der Waals surface area contributed by atoms with E-state index in [1.165, 1.54) is 16.2 Å². The fraction of sp³-hybridized carbons (Fsp3) is 0.583. The van der Waals surface area contributed by atoms with Crippen LogP contribution in [0.3, 0.4) is 0 Å². The van der Waals surface area contributed by atoms with Crippen molar-refractivity contribution in [2.45, 2.75) is 25.9 Å². The third kappa shape index (κ3) is 3.10. The molecule has 0 aromatic carbocycles. The van der Waals surface area contributed by atoms with Crippen molar-refractivity contribution in [3.05, 3.63) is 10.6 Å². The zero-order valence-electron chi connectivity index (χ0n) is 11.2. The molecule has 0 saturated carbocycles. The van der Waals surface area contributed by atoms with E-state index >= 15 is 0 Å². The van der Waals surface area contributed by atoms with Crippen molar-refractivity contribution < 1.29 is 14.3 Å². The van der Waals surface area contributed by atoms with E-state index in [0.29, 0.717) is 22.3 Å². The molecule has 0 bridgehead atoms. The predicted octanol–water partition coefficient (Wildman–Crippen LogP) is 1.27. The summed E-state index contributed by atoms with van der Waals surface area (Å²) in [5.74, 6) is -0.289. The molecular weight excluding hydrogens is 266 g/mol. The monoisotopic (exact) mass is 283 g/mol. The average Bonchev–Trinajstić information content (AvgIpc) is 2.97. The van der Waals surface area contributed by atoms with Gasteiger partial charge in [-0.05, 0) is 19.8 Å². The number of carbonyl (C=O) groups is 2. The van der Waals surface area contributed by atoms with Crippen LogP contribution < -0.4 is 5.32 Å². The van der Waals surface area contributed by atoms with Gasteiger partial charge in [-0.3, -0.25) is 14.9 Å². The number of hydrogen-bond donors (Lipinski definition) is 1. The zero-order chi connectivity index (χ0) is 14.0. The maximum atomic E-state index is 11.9. The minimum Gasteiger partial charge on any atom is -0.368 e. The van der Waals surface area contributed by atoms with Crippen molar-refractivity contribution in [3.63, 3.8) is 0 Å². The van der Waals surface area contributed by atoms with Gasteiger partial charge in [-0.1, -0.05) is 11.3 Å². The van der Waals surface area contributed by atoms with Gasteiger partial charge >= 0.3 is 0 Å². The summed E-state index contributed by atoms with van der Waals surface area (Å²) in [6.45, 7) is 2.38. The summed E-state index contributed by atoms with van der Waals surface area (Å²) < 4.78 is 5.30. The normalized spacial score (nSPS) is 18.4. The Kier molecular flexibility index (Phi) is 4.16. The summed E-state index contributed by atoms with van der Waals surface area (Å²) >= 11 is 1.19. The van der Waals surface area contributed by atoms with Crippen LogP contribution in [-0.2, 0) is 9.53 Å². The van der Waals surface area contributed by atoms with E-state index in [1.54, 1.807) is 21.0 Å². The third-order valence-electron chi connectivity index (χ3n) is 2.85. The van der Waals surface area contributed by atoms with Crippen LogP contribution in [0.5, 0.6) is 0 Å². The fourth-order valence-corrected chi connectivity index (χ4v) is 2.81. The number of amides is 2. The average molecular weight is 283 g/mol. The van der Waals surface area contributed by atoms with Crippen molar-refractivity contribution in [2.75, 3.05) is 26.0 Å². The Morgan fingerprint density at radius 2 is 2.21 bits per heavy atom. The van der Waals surface area contributed by atoms with Crippen LogP contribution in [0.4, 0.5) is 5.13 Å². The second kappa shape index (κ2) is 5.66. The molecule has 0 spiro atoms. The lowest BCUT2D eigenvalue weighted by Crippen LogP contribution is -2.26. The minimum absolute atomic E-state index is 0.104. The number of nitrogens with one attached hydrogen (secondary N) is 1. The smallest absolute Gasteiger partial charge is 0.265 e. The van der Waals surface area contributed by atoms with E-state index in [9.17, 15) is 9.59 Å². The van der Waals surface area contributed by atoms with Gasteiger partial charge in [-0.25, -0.2) is 4.98 Å². The Morgan fingerprint density at radius 1 is 1.47 bits per heavy atom. The number of aryl methyl sites for hydroxylation is 1. The van der Waals surface area contributed by atoms with Crippen molar-refractivity contribution in [1.29, 1.82) is 0 Å². The van der Waals surface area contributed by atoms with Crippen LogP contribution in [-0.4, -0.2) is 48.5 Å². The highest BCUT2D eigenvalue weighted by atomic mass is 32.1. The summed E-state index contributed by atoms with van der Waals surface area (Å²) in [5, 5.41) is 3.16. The topological polar surface area (TPSA) is 71.5 Å². The van der Waals surface area contributed by atoms with E-state index < -0.39 is 6.10 Å². The van der Waals surface area contributed by atoms with Crippen molar-refractivity contribution in [1.82, 2.24) is 9.88 Å². The first-order valence-electron chi connectivity index (χ1n) is 6.10. The van der Waals surface area contributed by atoms with Crippen LogP contribution in [0.2, 0.25) is 0 Å². The molecule has 1 aliphatic heterocycles. The Balaban J connectivity index is 2.07. The molecule has 1 N–H and O–H groups in total. The highest BCUT2D eigenvalue weighted by Crippen LogP contribution is 2.24. The summed E-state index contributed by atoms with van der Waals surface area (Å²) in [4.78, 5) is 30.0. The van der Waals surface area contributed by atoms with Gasteiger partial charge < -0.3 is 9.64 Å². The molecule has 1 saturated heterocycles. The highest BCUT2D eigenvalue weighted by molar-refractivity contribution is 7.17. The molecule has 6 nitrogen and oxygen atoms in total. The summed E-state index contributed by atoms with van der Waals surface area (Å²) in [6.07, 6.45) is 1.25. The van der Waals surface area contributed by atoms with Gasteiger partial charge in [0, 0.05) is 20.7 Å². The molecule has 19 heavy (non-hydrogen) atoms. The molecule has 1 atom stereocenters. The number of thiazole rings is 1. The van der Waals surface area contributed by atoms with E-state index in [0.717, 1.165) is 12.8 Å². The first-order valence-corrected chi connectivity index (χ1v) is 6.92. The molecule has 1 fully saturated rings. The Bertz CT molecular complexity index is 492. The molecule has 1 aliphatic rings. The molecule has 1 aromatic heterocycles. The number of rotatable bonds is 3. The Morgan fingerprint density at radius 3 is 2.79 bits per heavy atom. The Labute approximate surface area is 115 Å². The molecule has 7 heteroatoms. The number of carbonyl (C=O) groups excluding carboxylic acids is 2. The van der Waals surface area contributed by atoms with Crippen molar-refractivity contribution >= 4 is 28.3 Å². The van der Waals surface area contributed by atoms with Gasteiger partial charge in [0.1, 0.15) is 11.0 Å². The lowest BCUT2D eigenvalue weighted by Gasteiger charge is -2.08. The second-order valence-corrected chi connectivity index (χ2v) is 5.62. The largest absolute Gasteiger partial charge is 0.368 e.